The number of carboxylic acids is 1. The molecule has 0 aromatic heterocycles. The molecule has 0 bridgehead atoms. The summed E-state index contributed by atoms with van der Waals surface area (Å²) in [7, 11) is 0. The molecule has 1 aromatic carbocycles. The first-order valence-electron chi connectivity index (χ1n) is 6.89. The van der Waals surface area contributed by atoms with Gasteiger partial charge in [0.1, 0.15) is 6.04 Å². The first-order valence-corrected chi connectivity index (χ1v) is 6.89. The van der Waals surface area contributed by atoms with E-state index in [1.165, 1.54) is 0 Å². The SMILES string of the molecule is CC(C)[C@H](NC(=O)c1cc([N+](=O)[O-])cc([N+](=O)[O-])c1)C(=O)O.NC(N)=O. The molecule has 1 rings (SSSR count). The van der Waals surface area contributed by atoms with Crippen LogP contribution in [0.5, 0.6) is 0 Å². The molecular formula is C13H17N5O8. The molecule has 6 N–H and O–H groups in total. The minimum absolute atomic E-state index is 0.354. The van der Waals surface area contributed by atoms with Gasteiger partial charge in [-0.05, 0) is 5.92 Å². The molecular weight excluding hydrogens is 354 g/mol. The van der Waals surface area contributed by atoms with Crippen molar-refractivity contribution >= 4 is 29.3 Å². The average Bonchev–Trinajstić information content (AvgIpc) is 2.50. The van der Waals surface area contributed by atoms with Gasteiger partial charge in [0.05, 0.1) is 21.5 Å². The number of nitro benzene ring substituents is 2. The van der Waals surface area contributed by atoms with E-state index >= 15 is 0 Å². The van der Waals surface area contributed by atoms with Crippen molar-refractivity contribution in [3.63, 3.8) is 0 Å². The number of urea groups is 1. The predicted molar refractivity (Wildman–Crippen MR) is 87.2 cm³/mol. The van der Waals surface area contributed by atoms with Crippen LogP contribution in [0.25, 0.3) is 0 Å². The summed E-state index contributed by atoms with van der Waals surface area (Å²) >= 11 is 0. The van der Waals surface area contributed by atoms with E-state index < -0.39 is 51.1 Å². The molecule has 0 fully saturated rings. The molecule has 0 aliphatic heterocycles. The lowest BCUT2D eigenvalue weighted by molar-refractivity contribution is -0.394. The maximum absolute atomic E-state index is 12.0. The fourth-order valence-corrected chi connectivity index (χ4v) is 1.68. The number of carboxylic acid groups (broad SMARTS) is 1. The summed E-state index contributed by atoms with van der Waals surface area (Å²) in [6, 6.07) is 0.364. The molecule has 142 valence electrons. The van der Waals surface area contributed by atoms with E-state index in [2.05, 4.69) is 16.8 Å². The van der Waals surface area contributed by atoms with E-state index in [-0.39, 0.29) is 5.56 Å². The third kappa shape index (κ3) is 7.20. The quantitative estimate of drug-likeness (QED) is 0.402. The van der Waals surface area contributed by atoms with Crippen molar-refractivity contribution < 1.29 is 29.3 Å². The molecule has 0 heterocycles. The van der Waals surface area contributed by atoms with E-state index in [4.69, 9.17) is 9.90 Å². The molecule has 3 amide bonds. The molecule has 13 nitrogen and oxygen atoms in total. The van der Waals surface area contributed by atoms with Crippen molar-refractivity contribution in [3.8, 4) is 0 Å². The van der Waals surface area contributed by atoms with E-state index in [1.807, 2.05) is 0 Å². The molecule has 0 saturated carbocycles. The topological polar surface area (TPSA) is 222 Å². The van der Waals surface area contributed by atoms with Crippen LogP contribution in [0.3, 0.4) is 0 Å². The summed E-state index contributed by atoms with van der Waals surface area (Å²) in [4.78, 5) is 51.8. The highest BCUT2D eigenvalue weighted by atomic mass is 16.6. The van der Waals surface area contributed by atoms with Crippen LogP contribution in [0, 0.1) is 26.1 Å². The first-order chi connectivity index (χ1) is 11.9. The smallest absolute Gasteiger partial charge is 0.326 e. The Kier molecular flexibility index (Phi) is 8.13. The Morgan fingerprint density at radius 1 is 1.04 bits per heavy atom. The maximum atomic E-state index is 12.0. The lowest BCUT2D eigenvalue weighted by Gasteiger charge is -2.17. The number of nitrogens with one attached hydrogen (secondary N) is 1. The number of nitrogens with zero attached hydrogens (tertiary/aromatic N) is 2. The van der Waals surface area contributed by atoms with Crippen molar-refractivity contribution in [1.82, 2.24) is 5.32 Å². The number of hydrogen-bond acceptors (Lipinski definition) is 7. The van der Waals surface area contributed by atoms with Gasteiger partial charge in [-0.1, -0.05) is 13.8 Å². The molecule has 26 heavy (non-hydrogen) atoms. The fraction of sp³-hybridized carbons (Fsp3) is 0.308. The van der Waals surface area contributed by atoms with Gasteiger partial charge in [-0.3, -0.25) is 25.0 Å². The second kappa shape index (κ2) is 9.51. The van der Waals surface area contributed by atoms with Crippen LogP contribution >= 0.6 is 0 Å². The van der Waals surface area contributed by atoms with Crippen LogP contribution in [-0.2, 0) is 4.79 Å². The summed E-state index contributed by atoms with van der Waals surface area (Å²) in [5.41, 5.74) is 6.89. The molecule has 1 atom stereocenters. The number of non-ortho nitro benzene ring substituents is 2. The van der Waals surface area contributed by atoms with Gasteiger partial charge in [0, 0.05) is 12.1 Å². The van der Waals surface area contributed by atoms with Crippen LogP contribution < -0.4 is 16.8 Å². The third-order valence-electron chi connectivity index (χ3n) is 2.81. The van der Waals surface area contributed by atoms with E-state index in [0.717, 1.165) is 12.1 Å². The maximum Gasteiger partial charge on any atom is 0.326 e. The van der Waals surface area contributed by atoms with Crippen molar-refractivity contribution in [2.24, 2.45) is 17.4 Å². The van der Waals surface area contributed by atoms with Crippen molar-refractivity contribution in [2.75, 3.05) is 0 Å². The molecule has 0 aliphatic carbocycles. The molecule has 0 radical (unpaired) electrons. The number of rotatable bonds is 6. The summed E-state index contributed by atoms with van der Waals surface area (Å²) < 4.78 is 0. The minimum atomic E-state index is -1.27. The molecule has 0 aliphatic rings. The summed E-state index contributed by atoms with van der Waals surface area (Å²) in [6.45, 7) is 3.13. The Morgan fingerprint density at radius 3 is 1.69 bits per heavy atom. The number of hydrogen-bond donors (Lipinski definition) is 4. The zero-order valence-electron chi connectivity index (χ0n) is 13.7. The number of benzene rings is 1. The highest BCUT2D eigenvalue weighted by Crippen LogP contribution is 2.22. The zero-order valence-corrected chi connectivity index (χ0v) is 13.7. The lowest BCUT2D eigenvalue weighted by Crippen LogP contribution is -2.44. The Labute approximate surface area is 146 Å². The standard InChI is InChI=1S/C12H13N3O7.CH4N2O/c1-6(2)10(12(17)18)13-11(16)7-3-8(14(19)20)5-9(4-7)15(21)22;2-1(3)4/h3-6,10H,1-2H3,(H,13,16)(H,17,18);(H4,2,3,4)/t10-;/m0./s1. The van der Waals surface area contributed by atoms with Gasteiger partial charge < -0.3 is 21.9 Å². The van der Waals surface area contributed by atoms with Crippen molar-refractivity contribution in [2.45, 2.75) is 19.9 Å². The first kappa shape index (κ1) is 22.2. The summed E-state index contributed by atoms with van der Waals surface area (Å²) in [5.74, 6) is -2.65. The van der Waals surface area contributed by atoms with Crippen molar-refractivity contribution in [1.29, 1.82) is 0 Å². The Hall–Kier alpha value is -3.77. The van der Waals surface area contributed by atoms with Gasteiger partial charge in [-0.2, -0.15) is 0 Å². The Balaban J connectivity index is 0.00000141. The van der Waals surface area contributed by atoms with Crippen molar-refractivity contribution in [3.05, 3.63) is 44.0 Å². The second-order valence-corrected chi connectivity index (χ2v) is 5.19. The van der Waals surface area contributed by atoms with E-state index in [0.29, 0.717) is 6.07 Å². The van der Waals surface area contributed by atoms with Gasteiger partial charge in [-0.15, -0.1) is 0 Å². The van der Waals surface area contributed by atoms with E-state index in [9.17, 15) is 29.8 Å². The normalized spacial score (nSPS) is 10.9. The predicted octanol–water partition coefficient (Wildman–Crippen LogP) is 0.366. The van der Waals surface area contributed by atoms with Gasteiger partial charge >= 0.3 is 12.0 Å². The Morgan fingerprint density at radius 2 is 1.42 bits per heavy atom. The third-order valence-corrected chi connectivity index (χ3v) is 2.81. The van der Waals surface area contributed by atoms with Gasteiger partial charge in [0.25, 0.3) is 17.3 Å². The van der Waals surface area contributed by atoms with Crippen LogP contribution in [0.4, 0.5) is 16.2 Å². The zero-order chi connectivity index (χ0) is 20.6. The van der Waals surface area contributed by atoms with Crippen LogP contribution in [0.1, 0.15) is 24.2 Å². The minimum Gasteiger partial charge on any atom is -0.480 e. The van der Waals surface area contributed by atoms with Gasteiger partial charge in [0.15, 0.2) is 0 Å². The van der Waals surface area contributed by atoms with Crippen LogP contribution in [-0.4, -0.2) is 38.9 Å². The molecule has 0 unspecified atom stereocenters. The van der Waals surface area contributed by atoms with Gasteiger partial charge in [0.2, 0.25) is 0 Å². The number of nitrogens with two attached hydrogens (primary N) is 2. The highest BCUT2D eigenvalue weighted by molar-refractivity contribution is 5.97. The number of carbonyl (C=O) groups excluding carboxylic acids is 2. The fourth-order valence-electron chi connectivity index (χ4n) is 1.68. The number of carbonyl (C=O) groups is 3. The van der Waals surface area contributed by atoms with Gasteiger partial charge in [-0.25, -0.2) is 9.59 Å². The number of aliphatic carboxylic acids is 1. The lowest BCUT2D eigenvalue weighted by atomic mass is 10.0. The average molecular weight is 371 g/mol. The molecule has 0 spiro atoms. The highest BCUT2D eigenvalue weighted by Gasteiger charge is 2.26. The monoisotopic (exact) mass is 371 g/mol. The molecule has 0 saturated heterocycles. The number of primary amides is 2. The van der Waals surface area contributed by atoms with Crippen LogP contribution in [0.2, 0.25) is 0 Å². The largest absolute Gasteiger partial charge is 0.480 e. The number of amides is 3. The Bertz CT molecular complexity index is 697. The second-order valence-electron chi connectivity index (χ2n) is 5.19. The summed E-state index contributed by atoms with van der Waals surface area (Å²) in [6.07, 6.45) is 0. The molecule has 1 aromatic rings. The van der Waals surface area contributed by atoms with E-state index in [1.54, 1.807) is 13.8 Å². The summed E-state index contributed by atoms with van der Waals surface area (Å²) in [5, 5.41) is 32.7. The molecule has 13 heteroatoms. The van der Waals surface area contributed by atoms with Crippen LogP contribution in [0.15, 0.2) is 18.2 Å². The number of nitro groups is 2.